The van der Waals surface area contributed by atoms with E-state index in [4.69, 9.17) is 0 Å². The summed E-state index contributed by atoms with van der Waals surface area (Å²) in [5, 5.41) is 4.41. The summed E-state index contributed by atoms with van der Waals surface area (Å²) in [4.78, 5) is 29.7. The van der Waals surface area contributed by atoms with E-state index in [0.29, 0.717) is 13.1 Å². The van der Waals surface area contributed by atoms with Gasteiger partial charge in [0.25, 0.3) is 0 Å². The summed E-state index contributed by atoms with van der Waals surface area (Å²) in [5.74, 6) is 0.358. The number of benzene rings is 1. The Labute approximate surface area is 172 Å². The molecule has 1 aromatic heterocycles. The predicted octanol–water partition coefficient (Wildman–Crippen LogP) is 3.40. The number of likely N-dealkylation sites (tertiary alicyclic amines) is 1. The second-order valence-corrected chi connectivity index (χ2v) is 8.35. The second kappa shape index (κ2) is 8.80. The summed E-state index contributed by atoms with van der Waals surface area (Å²) in [6.07, 6.45) is 10.9. The third-order valence-electron chi connectivity index (χ3n) is 6.23. The maximum absolute atomic E-state index is 13.1. The molecule has 1 saturated carbocycles. The molecule has 6 nitrogen and oxygen atoms in total. The lowest BCUT2D eigenvalue weighted by atomic mass is 9.88. The van der Waals surface area contributed by atoms with E-state index >= 15 is 0 Å². The Kier molecular flexibility index (Phi) is 5.97. The molecule has 0 unspecified atom stereocenters. The Balaban J connectivity index is 1.39. The number of carbonyl (C=O) groups excluding carboxylic acids is 2. The van der Waals surface area contributed by atoms with Gasteiger partial charge in [0.15, 0.2) is 0 Å². The highest BCUT2D eigenvalue weighted by atomic mass is 16.2. The highest BCUT2D eigenvalue weighted by Crippen LogP contribution is 2.29. The first-order valence-corrected chi connectivity index (χ1v) is 10.8. The minimum absolute atomic E-state index is 0.0409. The van der Waals surface area contributed by atoms with Crippen LogP contribution in [-0.4, -0.2) is 51.0 Å². The SMILES string of the molecule is CN(Cc1cnn(-c2ccccc2)c1)C(=O)[C@H]1CCCN1C(=O)C1CCCCC1. The van der Waals surface area contributed by atoms with Gasteiger partial charge in [-0.25, -0.2) is 4.68 Å². The molecule has 2 heterocycles. The lowest BCUT2D eigenvalue weighted by Crippen LogP contribution is -2.48. The smallest absolute Gasteiger partial charge is 0.245 e. The summed E-state index contributed by atoms with van der Waals surface area (Å²) < 4.78 is 1.82. The quantitative estimate of drug-likeness (QED) is 0.781. The molecular weight excluding hydrogens is 364 g/mol. The molecule has 2 aromatic rings. The highest BCUT2D eigenvalue weighted by Gasteiger charge is 2.38. The van der Waals surface area contributed by atoms with E-state index in [1.165, 1.54) is 6.42 Å². The summed E-state index contributed by atoms with van der Waals surface area (Å²) in [6.45, 7) is 1.21. The molecule has 1 atom stereocenters. The zero-order valence-electron chi connectivity index (χ0n) is 17.2. The van der Waals surface area contributed by atoms with Gasteiger partial charge < -0.3 is 9.80 Å². The first-order chi connectivity index (χ1) is 14.1. The van der Waals surface area contributed by atoms with E-state index in [1.54, 1.807) is 11.1 Å². The largest absolute Gasteiger partial charge is 0.340 e. The average Bonchev–Trinajstić information content (AvgIpc) is 3.44. The summed E-state index contributed by atoms with van der Waals surface area (Å²) >= 11 is 0. The van der Waals surface area contributed by atoms with Crippen LogP contribution in [0.25, 0.3) is 5.69 Å². The van der Waals surface area contributed by atoms with Crippen molar-refractivity contribution in [2.75, 3.05) is 13.6 Å². The van der Waals surface area contributed by atoms with Crippen molar-refractivity contribution >= 4 is 11.8 Å². The number of para-hydroxylation sites is 1. The molecule has 29 heavy (non-hydrogen) atoms. The van der Waals surface area contributed by atoms with Gasteiger partial charge in [-0.05, 0) is 37.8 Å². The van der Waals surface area contributed by atoms with Crippen LogP contribution in [-0.2, 0) is 16.1 Å². The van der Waals surface area contributed by atoms with E-state index < -0.39 is 0 Å². The number of likely N-dealkylation sites (N-methyl/N-ethyl adjacent to an activating group) is 1. The van der Waals surface area contributed by atoms with Gasteiger partial charge in [0.05, 0.1) is 11.9 Å². The van der Waals surface area contributed by atoms with Crippen molar-refractivity contribution in [3.8, 4) is 5.69 Å². The van der Waals surface area contributed by atoms with Crippen molar-refractivity contribution in [3.05, 3.63) is 48.3 Å². The van der Waals surface area contributed by atoms with Crippen LogP contribution in [0, 0.1) is 5.92 Å². The lowest BCUT2D eigenvalue weighted by molar-refractivity contribution is -0.146. The van der Waals surface area contributed by atoms with Crippen LogP contribution >= 0.6 is 0 Å². The van der Waals surface area contributed by atoms with Crippen molar-refractivity contribution in [2.24, 2.45) is 5.92 Å². The van der Waals surface area contributed by atoms with Gasteiger partial charge in [-0.2, -0.15) is 5.10 Å². The first kappa shape index (κ1) is 19.7. The molecule has 1 aromatic carbocycles. The van der Waals surface area contributed by atoms with Crippen LogP contribution in [0.4, 0.5) is 0 Å². The van der Waals surface area contributed by atoms with E-state index in [0.717, 1.165) is 49.8 Å². The van der Waals surface area contributed by atoms with Crippen molar-refractivity contribution in [2.45, 2.75) is 57.5 Å². The number of amides is 2. The van der Waals surface area contributed by atoms with Crippen molar-refractivity contribution < 1.29 is 9.59 Å². The van der Waals surface area contributed by atoms with Gasteiger partial charge in [-0.1, -0.05) is 37.5 Å². The molecule has 1 aliphatic carbocycles. The molecule has 2 amide bonds. The monoisotopic (exact) mass is 394 g/mol. The van der Waals surface area contributed by atoms with Crippen LogP contribution < -0.4 is 0 Å². The molecule has 2 aliphatic rings. The summed E-state index contributed by atoms with van der Waals surface area (Å²) in [6, 6.07) is 9.62. The van der Waals surface area contributed by atoms with E-state index in [9.17, 15) is 9.59 Å². The van der Waals surface area contributed by atoms with Gasteiger partial charge >= 0.3 is 0 Å². The van der Waals surface area contributed by atoms with Crippen LogP contribution in [0.2, 0.25) is 0 Å². The van der Waals surface area contributed by atoms with Crippen LogP contribution in [0.15, 0.2) is 42.7 Å². The fourth-order valence-corrected chi connectivity index (χ4v) is 4.64. The fourth-order valence-electron chi connectivity index (χ4n) is 4.64. The molecule has 0 radical (unpaired) electrons. The number of aromatic nitrogens is 2. The van der Waals surface area contributed by atoms with Crippen LogP contribution in [0.5, 0.6) is 0 Å². The Bertz CT molecular complexity index is 842. The molecule has 4 rings (SSSR count). The van der Waals surface area contributed by atoms with E-state index in [1.807, 2.05) is 53.2 Å². The van der Waals surface area contributed by atoms with Crippen LogP contribution in [0.1, 0.15) is 50.5 Å². The third-order valence-corrected chi connectivity index (χ3v) is 6.23. The normalized spacial score (nSPS) is 20.0. The molecular formula is C23H30N4O2. The zero-order chi connectivity index (χ0) is 20.2. The van der Waals surface area contributed by atoms with Crippen molar-refractivity contribution in [1.82, 2.24) is 19.6 Å². The topological polar surface area (TPSA) is 58.4 Å². The number of carbonyl (C=O) groups is 2. The Morgan fingerprint density at radius 3 is 2.59 bits per heavy atom. The van der Waals surface area contributed by atoms with Gasteiger partial charge in [-0.3, -0.25) is 9.59 Å². The first-order valence-electron chi connectivity index (χ1n) is 10.8. The Hall–Kier alpha value is -2.63. The van der Waals surface area contributed by atoms with Gasteiger partial charge in [-0.15, -0.1) is 0 Å². The molecule has 0 bridgehead atoms. The minimum Gasteiger partial charge on any atom is -0.340 e. The standard InChI is InChI=1S/C23H30N4O2/c1-25(16-18-15-24-27(17-18)20-11-6-3-7-12-20)23(29)21-13-8-14-26(21)22(28)19-9-4-2-5-10-19/h3,6-7,11-12,15,17,19,21H,2,4-5,8-10,13-14,16H2,1H3/t21-/m1/s1. The maximum Gasteiger partial charge on any atom is 0.245 e. The summed E-state index contributed by atoms with van der Waals surface area (Å²) in [7, 11) is 1.82. The van der Waals surface area contributed by atoms with E-state index in [2.05, 4.69) is 5.10 Å². The fraction of sp³-hybridized carbons (Fsp3) is 0.522. The molecule has 6 heteroatoms. The number of rotatable bonds is 5. The molecule has 154 valence electrons. The molecule has 1 aliphatic heterocycles. The highest BCUT2D eigenvalue weighted by molar-refractivity contribution is 5.89. The minimum atomic E-state index is -0.307. The molecule has 2 fully saturated rings. The number of hydrogen-bond acceptors (Lipinski definition) is 3. The average molecular weight is 395 g/mol. The molecule has 0 N–H and O–H groups in total. The lowest BCUT2D eigenvalue weighted by Gasteiger charge is -2.32. The molecule has 0 spiro atoms. The van der Waals surface area contributed by atoms with Gasteiger partial charge in [0.1, 0.15) is 6.04 Å². The van der Waals surface area contributed by atoms with Crippen LogP contribution in [0.3, 0.4) is 0 Å². The van der Waals surface area contributed by atoms with Gasteiger partial charge in [0.2, 0.25) is 11.8 Å². The van der Waals surface area contributed by atoms with Crippen molar-refractivity contribution in [1.29, 1.82) is 0 Å². The Morgan fingerprint density at radius 1 is 1.07 bits per heavy atom. The zero-order valence-corrected chi connectivity index (χ0v) is 17.2. The van der Waals surface area contributed by atoms with Crippen molar-refractivity contribution in [3.63, 3.8) is 0 Å². The maximum atomic E-state index is 13.1. The predicted molar refractivity (Wildman–Crippen MR) is 111 cm³/mol. The van der Waals surface area contributed by atoms with Gasteiger partial charge in [0, 0.05) is 37.8 Å². The molecule has 1 saturated heterocycles. The Morgan fingerprint density at radius 2 is 1.83 bits per heavy atom. The third kappa shape index (κ3) is 4.36. The number of nitrogens with zero attached hydrogens (tertiary/aromatic N) is 4. The second-order valence-electron chi connectivity index (χ2n) is 8.35. The summed E-state index contributed by atoms with van der Waals surface area (Å²) in [5.41, 5.74) is 1.97. The number of hydrogen-bond donors (Lipinski definition) is 0. The van der Waals surface area contributed by atoms with E-state index in [-0.39, 0.29) is 23.8 Å².